The van der Waals surface area contributed by atoms with E-state index in [-0.39, 0.29) is 18.0 Å². The van der Waals surface area contributed by atoms with Crippen LogP contribution in [0.4, 0.5) is 8.78 Å². The second-order valence-electron chi connectivity index (χ2n) is 7.49. The summed E-state index contributed by atoms with van der Waals surface area (Å²) < 4.78 is 28.0. The van der Waals surface area contributed by atoms with Crippen molar-refractivity contribution >= 4 is 11.9 Å². The average Bonchev–Trinajstić information content (AvgIpc) is 2.93. The Labute approximate surface area is 175 Å². The number of aliphatic hydroxyl groups is 1. The van der Waals surface area contributed by atoms with Crippen LogP contribution < -0.4 is 0 Å². The van der Waals surface area contributed by atoms with Crippen LogP contribution in [0.3, 0.4) is 0 Å². The highest BCUT2D eigenvalue weighted by molar-refractivity contribution is 5.87. The van der Waals surface area contributed by atoms with Gasteiger partial charge < -0.3 is 15.1 Å². The van der Waals surface area contributed by atoms with Gasteiger partial charge in [0.25, 0.3) is 5.91 Å². The number of amides is 1. The number of rotatable bonds is 8. The monoisotopic (exact) mass is 419 g/mol. The third-order valence-electron chi connectivity index (χ3n) is 5.12. The molecule has 2 rings (SSSR count). The molecule has 1 aromatic rings. The number of carbonyl (C=O) groups is 2. The van der Waals surface area contributed by atoms with Gasteiger partial charge in [0.05, 0.1) is 17.7 Å². The van der Waals surface area contributed by atoms with E-state index < -0.39 is 36.4 Å². The van der Waals surface area contributed by atoms with E-state index in [2.05, 4.69) is 11.8 Å². The minimum atomic E-state index is -3.44. The van der Waals surface area contributed by atoms with Gasteiger partial charge in [0.1, 0.15) is 0 Å². The van der Waals surface area contributed by atoms with Crippen molar-refractivity contribution in [2.75, 3.05) is 6.54 Å². The maximum absolute atomic E-state index is 14.0. The van der Waals surface area contributed by atoms with Gasteiger partial charge in [0, 0.05) is 25.8 Å². The predicted molar refractivity (Wildman–Crippen MR) is 109 cm³/mol. The molecule has 3 atom stereocenters. The van der Waals surface area contributed by atoms with Gasteiger partial charge >= 0.3 is 11.9 Å². The van der Waals surface area contributed by atoms with E-state index in [0.717, 1.165) is 16.9 Å². The lowest BCUT2D eigenvalue weighted by atomic mass is 9.99. The van der Waals surface area contributed by atoms with Crippen LogP contribution in [-0.2, 0) is 11.2 Å². The molecule has 0 spiro atoms. The SMILES string of the molecule is CCC#CCC(C)[C@H](O)C=C[C@H]1CC(F)(F)C(=O)N1CCc1ccc(C(=O)O)cc1. The molecule has 1 aromatic carbocycles. The maximum Gasteiger partial charge on any atom is 0.335 e. The summed E-state index contributed by atoms with van der Waals surface area (Å²) in [5.74, 6) is 0.0181. The zero-order chi connectivity index (χ0) is 22.3. The summed E-state index contributed by atoms with van der Waals surface area (Å²) in [6, 6.07) is 5.28. The number of likely N-dealkylation sites (tertiary alicyclic amines) is 1. The Morgan fingerprint density at radius 2 is 2.00 bits per heavy atom. The number of carboxylic acids is 1. The van der Waals surface area contributed by atoms with Gasteiger partial charge in [-0.25, -0.2) is 4.79 Å². The summed E-state index contributed by atoms with van der Waals surface area (Å²) in [6.07, 6.45) is 3.01. The van der Waals surface area contributed by atoms with Crippen LogP contribution in [0.5, 0.6) is 0 Å². The zero-order valence-corrected chi connectivity index (χ0v) is 17.1. The van der Waals surface area contributed by atoms with E-state index in [4.69, 9.17) is 5.11 Å². The van der Waals surface area contributed by atoms with Crippen molar-refractivity contribution in [2.45, 2.75) is 57.6 Å². The molecule has 2 N–H and O–H groups in total. The van der Waals surface area contributed by atoms with Crippen LogP contribution >= 0.6 is 0 Å². The van der Waals surface area contributed by atoms with Crippen molar-refractivity contribution in [1.29, 1.82) is 0 Å². The van der Waals surface area contributed by atoms with Crippen molar-refractivity contribution in [3.8, 4) is 11.8 Å². The summed E-state index contributed by atoms with van der Waals surface area (Å²) in [5, 5.41) is 19.2. The molecule has 30 heavy (non-hydrogen) atoms. The molecular weight excluding hydrogens is 392 g/mol. The Balaban J connectivity index is 2.04. The molecule has 7 heteroatoms. The fraction of sp³-hybridized carbons (Fsp3) is 0.478. The first-order valence-electron chi connectivity index (χ1n) is 9.99. The first kappa shape index (κ1) is 23.6. The Morgan fingerprint density at radius 3 is 2.60 bits per heavy atom. The molecule has 1 saturated heterocycles. The number of halogens is 2. The smallest absolute Gasteiger partial charge is 0.335 e. The number of benzene rings is 1. The molecule has 1 heterocycles. The minimum absolute atomic E-state index is 0.0729. The Bertz CT molecular complexity index is 839. The van der Waals surface area contributed by atoms with E-state index in [1.807, 2.05) is 13.8 Å². The van der Waals surface area contributed by atoms with E-state index in [9.17, 15) is 23.5 Å². The quantitative estimate of drug-likeness (QED) is 0.499. The molecule has 1 aliphatic rings. The average molecular weight is 419 g/mol. The molecule has 0 saturated carbocycles. The van der Waals surface area contributed by atoms with Crippen LogP contribution in [0.15, 0.2) is 36.4 Å². The highest BCUT2D eigenvalue weighted by Gasteiger charge is 2.52. The number of carboxylic acid groups (broad SMARTS) is 1. The van der Waals surface area contributed by atoms with Crippen molar-refractivity contribution in [3.63, 3.8) is 0 Å². The molecule has 1 fully saturated rings. The Hall–Kier alpha value is -2.72. The predicted octanol–water partition coefficient (Wildman–Crippen LogP) is 3.52. The largest absolute Gasteiger partial charge is 0.478 e. The summed E-state index contributed by atoms with van der Waals surface area (Å²) in [5.41, 5.74) is 0.879. The van der Waals surface area contributed by atoms with Crippen LogP contribution in [0.2, 0.25) is 0 Å². The molecule has 1 amide bonds. The van der Waals surface area contributed by atoms with E-state index in [1.165, 1.54) is 24.3 Å². The van der Waals surface area contributed by atoms with E-state index >= 15 is 0 Å². The van der Waals surface area contributed by atoms with Crippen molar-refractivity contribution in [3.05, 3.63) is 47.5 Å². The second kappa shape index (κ2) is 10.4. The molecule has 1 aliphatic heterocycles. The van der Waals surface area contributed by atoms with Crippen molar-refractivity contribution in [2.24, 2.45) is 5.92 Å². The number of alkyl halides is 2. The highest BCUT2D eigenvalue weighted by Crippen LogP contribution is 2.34. The van der Waals surface area contributed by atoms with E-state index in [0.29, 0.717) is 12.8 Å². The minimum Gasteiger partial charge on any atom is -0.478 e. The van der Waals surface area contributed by atoms with Gasteiger partial charge in [-0.2, -0.15) is 8.78 Å². The lowest BCUT2D eigenvalue weighted by Crippen LogP contribution is -2.37. The molecular formula is C23H27F2NO4. The van der Waals surface area contributed by atoms with Gasteiger partial charge in [0.2, 0.25) is 0 Å². The molecule has 0 aromatic heterocycles. The van der Waals surface area contributed by atoms with Crippen molar-refractivity contribution in [1.82, 2.24) is 4.90 Å². The van der Waals surface area contributed by atoms with Gasteiger partial charge in [-0.05, 0) is 30.0 Å². The van der Waals surface area contributed by atoms with Crippen LogP contribution in [0.1, 0.15) is 49.0 Å². The molecule has 5 nitrogen and oxygen atoms in total. The van der Waals surface area contributed by atoms with Crippen LogP contribution in [0.25, 0.3) is 0 Å². The fourth-order valence-corrected chi connectivity index (χ4v) is 3.23. The number of nitrogens with zero attached hydrogens (tertiary/aromatic N) is 1. The first-order valence-corrected chi connectivity index (χ1v) is 9.99. The molecule has 0 radical (unpaired) electrons. The van der Waals surface area contributed by atoms with Crippen molar-refractivity contribution < 1.29 is 28.6 Å². The molecule has 0 aliphatic carbocycles. The molecule has 1 unspecified atom stereocenters. The lowest BCUT2D eigenvalue weighted by molar-refractivity contribution is -0.148. The first-order chi connectivity index (χ1) is 14.2. The summed E-state index contributed by atoms with van der Waals surface area (Å²) in [4.78, 5) is 24.2. The lowest BCUT2D eigenvalue weighted by Gasteiger charge is -2.22. The summed E-state index contributed by atoms with van der Waals surface area (Å²) >= 11 is 0. The molecule has 0 bridgehead atoms. The van der Waals surface area contributed by atoms with Gasteiger partial charge in [-0.1, -0.05) is 38.1 Å². The maximum atomic E-state index is 14.0. The Kier molecular flexibility index (Phi) is 8.13. The third kappa shape index (κ3) is 6.14. The number of aromatic carboxylic acids is 1. The third-order valence-corrected chi connectivity index (χ3v) is 5.12. The zero-order valence-electron chi connectivity index (χ0n) is 17.1. The second-order valence-corrected chi connectivity index (χ2v) is 7.49. The van der Waals surface area contributed by atoms with Crippen LogP contribution in [-0.4, -0.2) is 51.6 Å². The highest BCUT2D eigenvalue weighted by atomic mass is 19.3. The molecule has 162 valence electrons. The normalized spacial score (nSPS) is 20.1. The standard InChI is InChI=1S/C23H27F2NO4/c1-3-4-5-6-16(2)20(27)12-11-19-15-23(24,25)22(30)26(19)14-13-17-7-9-18(10-8-17)21(28)29/h7-12,16,19-20,27H,3,6,13-15H2,1-2H3,(H,28,29)/t16?,19-,20+/m0/s1. The summed E-state index contributed by atoms with van der Waals surface area (Å²) in [6.45, 7) is 3.83. The number of carbonyl (C=O) groups excluding carboxylic acids is 1. The summed E-state index contributed by atoms with van der Waals surface area (Å²) in [7, 11) is 0. The topological polar surface area (TPSA) is 77.8 Å². The number of aliphatic hydroxyl groups excluding tert-OH is 1. The van der Waals surface area contributed by atoms with E-state index in [1.54, 1.807) is 12.1 Å². The van der Waals surface area contributed by atoms with Gasteiger partial charge in [-0.15, -0.1) is 11.8 Å². The Morgan fingerprint density at radius 1 is 1.33 bits per heavy atom. The fourth-order valence-electron chi connectivity index (χ4n) is 3.23. The number of hydrogen-bond acceptors (Lipinski definition) is 3. The van der Waals surface area contributed by atoms with Gasteiger partial charge in [-0.3, -0.25) is 4.79 Å². The van der Waals surface area contributed by atoms with Crippen LogP contribution in [0, 0.1) is 17.8 Å². The van der Waals surface area contributed by atoms with Gasteiger partial charge in [0.15, 0.2) is 0 Å². The number of hydrogen-bond donors (Lipinski definition) is 2.